The normalized spacial score (nSPS) is 17.0. The topological polar surface area (TPSA) is 55.7 Å². The van der Waals surface area contributed by atoms with E-state index in [-0.39, 0.29) is 6.04 Å². The molecule has 0 amide bonds. The molecule has 1 fully saturated rings. The second-order valence-corrected chi connectivity index (χ2v) is 5.68. The van der Waals surface area contributed by atoms with E-state index < -0.39 is 0 Å². The second kappa shape index (κ2) is 5.78. The fourth-order valence-corrected chi connectivity index (χ4v) is 3.10. The summed E-state index contributed by atoms with van der Waals surface area (Å²) in [6.07, 6.45) is 2.32. The van der Waals surface area contributed by atoms with Crippen molar-refractivity contribution in [1.29, 1.82) is 5.26 Å². The Morgan fingerprint density at radius 2 is 1.95 bits per heavy atom. The first-order valence-corrected chi connectivity index (χ1v) is 7.53. The summed E-state index contributed by atoms with van der Waals surface area (Å²) in [5, 5.41) is 9.48. The predicted molar refractivity (Wildman–Crippen MR) is 80.9 cm³/mol. The van der Waals surface area contributed by atoms with Gasteiger partial charge in [0.15, 0.2) is 0 Å². The Kier molecular flexibility index (Phi) is 3.86. The summed E-state index contributed by atoms with van der Waals surface area (Å²) in [6, 6.07) is 12.1. The molecule has 1 N–H and O–H groups in total. The van der Waals surface area contributed by atoms with Gasteiger partial charge in [0, 0.05) is 5.56 Å². The molecular formula is C15H15BrN4. The highest BCUT2D eigenvalue weighted by Gasteiger charge is 2.27. The third-order valence-electron chi connectivity index (χ3n) is 3.63. The number of H-pyrrole nitrogens is 1. The minimum Gasteiger partial charge on any atom is -0.339 e. The number of halogens is 1. The number of likely N-dealkylation sites (tertiary alicyclic amines) is 1. The number of nitrogens with zero attached hydrogens (tertiary/aromatic N) is 3. The molecular weight excluding hydrogens is 316 g/mol. The second-order valence-electron chi connectivity index (χ2n) is 4.93. The van der Waals surface area contributed by atoms with Crippen LogP contribution in [-0.4, -0.2) is 28.0 Å². The number of hydrogen-bond acceptors (Lipinski definition) is 3. The highest BCUT2D eigenvalue weighted by atomic mass is 79.9. The van der Waals surface area contributed by atoms with Crippen molar-refractivity contribution >= 4 is 15.9 Å². The highest BCUT2D eigenvalue weighted by molar-refractivity contribution is 9.10. The number of rotatable bonds is 3. The first kappa shape index (κ1) is 13.3. The van der Waals surface area contributed by atoms with Gasteiger partial charge in [0.1, 0.15) is 16.5 Å². The van der Waals surface area contributed by atoms with Gasteiger partial charge in [-0.2, -0.15) is 5.26 Å². The number of aromatic nitrogens is 2. The van der Waals surface area contributed by atoms with Crippen molar-refractivity contribution in [2.24, 2.45) is 0 Å². The Bertz CT molecular complexity index is 623. The average Bonchev–Trinajstić information content (AvgIpc) is 3.12. The van der Waals surface area contributed by atoms with Gasteiger partial charge in [-0.15, -0.1) is 0 Å². The summed E-state index contributed by atoms with van der Waals surface area (Å²) >= 11 is 3.48. The molecule has 2 aromatic rings. The van der Waals surface area contributed by atoms with Gasteiger partial charge in [-0.1, -0.05) is 30.3 Å². The maximum absolute atomic E-state index is 9.48. The van der Waals surface area contributed by atoms with Crippen LogP contribution in [0.5, 0.6) is 0 Å². The van der Waals surface area contributed by atoms with Gasteiger partial charge in [0.25, 0.3) is 0 Å². The van der Waals surface area contributed by atoms with Crippen LogP contribution in [0, 0.1) is 11.3 Å². The van der Waals surface area contributed by atoms with E-state index in [9.17, 15) is 5.26 Å². The summed E-state index contributed by atoms with van der Waals surface area (Å²) in [4.78, 5) is 10.0. The van der Waals surface area contributed by atoms with E-state index >= 15 is 0 Å². The molecule has 2 heterocycles. The van der Waals surface area contributed by atoms with Crippen molar-refractivity contribution in [1.82, 2.24) is 14.9 Å². The zero-order valence-electron chi connectivity index (χ0n) is 11.0. The van der Waals surface area contributed by atoms with Gasteiger partial charge >= 0.3 is 0 Å². The van der Waals surface area contributed by atoms with Crippen LogP contribution in [0.4, 0.5) is 0 Å². The molecule has 1 unspecified atom stereocenters. The zero-order chi connectivity index (χ0) is 13.9. The number of nitriles is 1. The molecule has 1 aliphatic heterocycles. The number of nitrogens with one attached hydrogen (secondary N) is 1. The molecule has 0 spiro atoms. The Balaban J connectivity index is 1.94. The molecule has 0 saturated carbocycles. The molecule has 3 rings (SSSR count). The Hall–Kier alpha value is -1.64. The molecule has 20 heavy (non-hydrogen) atoms. The van der Waals surface area contributed by atoms with E-state index in [1.54, 1.807) is 0 Å². The molecule has 1 atom stereocenters. The number of hydrogen-bond donors (Lipinski definition) is 1. The summed E-state index contributed by atoms with van der Waals surface area (Å²) in [6.45, 7) is 1.95. The van der Waals surface area contributed by atoms with Crippen LogP contribution in [0.25, 0.3) is 11.4 Å². The van der Waals surface area contributed by atoms with Crippen molar-refractivity contribution in [3.63, 3.8) is 0 Å². The quantitative estimate of drug-likeness (QED) is 0.936. The maximum Gasteiger partial charge on any atom is 0.141 e. The average molecular weight is 331 g/mol. The van der Waals surface area contributed by atoms with E-state index in [1.165, 1.54) is 0 Å². The lowest BCUT2D eigenvalue weighted by Crippen LogP contribution is -2.25. The fourth-order valence-electron chi connectivity index (χ4n) is 2.61. The van der Waals surface area contributed by atoms with Crippen molar-refractivity contribution < 1.29 is 0 Å². The SMILES string of the molecule is N#CC(c1[nH]c(-c2ccccc2)nc1Br)N1CCCC1. The molecule has 0 aliphatic carbocycles. The first-order chi connectivity index (χ1) is 9.79. The molecule has 102 valence electrons. The minimum atomic E-state index is -0.253. The molecule has 1 saturated heterocycles. The molecule has 0 bridgehead atoms. The largest absolute Gasteiger partial charge is 0.339 e. The van der Waals surface area contributed by atoms with Gasteiger partial charge in [-0.05, 0) is 41.9 Å². The van der Waals surface area contributed by atoms with Gasteiger partial charge < -0.3 is 4.98 Å². The number of benzene rings is 1. The van der Waals surface area contributed by atoms with E-state index in [2.05, 4.69) is 36.9 Å². The van der Waals surface area contributed by atoms with Crippen molar-refractivity contribution in [2.45, 2.75) is 18.9 Å². The zero-order valence-corrected chi connectivity index (χ0v) is 12.6. The van der Waals surface area contributed by atoms with Crippen molar-refractivity contribution in [3.05, 3.63) is 40.6 Å². The molecule has 1 aliphatic rings. The highest BCUT2D eigenvalue weighted by Crippen LogP contribution is 2.30. The van der Waals surface area contributed by atoms with Crippen molar-refractivity contribution in [3.8, 4) is 17.5 Å². The van der Waals surface area contributed by atoms with Crippen LogP contribution in [0.3, 0.4) is 0 Å². The van der Waals surface area contributed by atoms with Crippen LogP contribution < -0.4 is 0 Å². The first-order valence-electron chi connectivity index (χ1n) is 6.74. The van der Waals surface area contributed by atoms with Crippen LogP contribution in [-0.2, 0) is 0 Å². The molecule has 1 aromatic carbocycles. The lowest BCUT2D eigenvalue weighted by molar-refractivity contribution is 0.290. The van der Waals surface area contributed by atoms with Crippen LogP contribution in [0.15, 0.2) is 34.9 Å². The number of imidazole rings is 1. The van der Waals surface area contributed by atoms with E-state index in [4.69, 9.17) is 0 Å². The Labute approximate surface area is 126 Å². The van der Waals surface area contributed by atoms with Gasteiger partial charge in [0.05, 0.1) is 11.8 Å². The fraction of sp³-hybridized carbons (Fsp3) is 0.333. The monoisotopic (exact) mass is 330 g/mol. The molecule has 4 nitrogen and oxygen atoms in total. The van der Waals surface area contributed by atoms with Gasteiger partial charge in [-0.25, -0.2) is 4.98 Å². The summed E-state index contributed by atoms with van der Waals surface area (Å²) in [5.74, 6) is 0.798. The van der Waals surface area contributed by atoms with Crippen LogP contribution in [0.2, 0.25) is 0 Å². The number of aromatic amines is 1. The maximum atomic E-state index is 9.48. The summed E-state index contributed by atoms with van der Waals surface area (Å²) in [5.41, 5.74) is 1.88. The summed E-state index contributed by atoms with van der Waals surface area (Å²) in [7, 11) is 0. The Morgan fingerprint density at radius 1 is 1.25 bits per heavy atom. The van der Waals surface area contributed by atoms with E-state index in [0.29, 0.717) is 0 Å². The minimum absolute atomic E-state index is 0.253. The molecule has 1 aromatic heterocycles. The standard InChI is InChI=1S/C15H15BrN4/c16-14-13(12(10-17)20-8-4-5-9-20)18-15(19-14)11-6-2-1-3-7-11/h1-3,6-7,12H,4-5,8-9H2,(H,18,19). The third kappa shape index (κ3) is 2.49. The lowest BCUT2D eigenvalue weighted by atomic mass is 10.2. The van der Waals surface area contributed by atoms with Crippen molar-refractivity contribution in [2.75, 3.05) is 13.1 Å². The molecule has 5 heteroatoms. The van der Waals surface area contributed by atoms with Crippen LogP contribution in [0.1, 0.15) is 24.6 Å². The van der Waals surface area contributed by atoms with Gasteiger partial charge in [0.2, 0.25) is 0 Å². The van der Waals surface area contributed by atoms with E-state index in [1.807, 2.05) is 30.3 Å². The van der Waals surface area contributed by atoms with Crippen LogP contribution >= 0.6 is 15.9 Å². The lowest BCUT2D eigenvalue weighted by Gasteiger charge is -2.20. The van der Waals surface area contributed by atoms with E-state index in [0.717, 1.165) is 47.6 Å². The predicted octanol–water partition coefficient (Wildman–Crippen LogP) is 3.50. The molecule has 0 radical (unpaired) electrons. The summed E-state index contributed by atoms with van der Waals surface area (Å²) < 4.78 is 0.731. The smallest absolute Gasteiger partial charge is 0.141 e. The third-order valence-corrected chi connectivity index (χ3v) is 4.24. The Morgan fingerprint density at radius 3 is 2.60 bits per heavy atom. The van der Waals surface area contributed by atoms with Gasteiger partial charge in [-0.3, -0.25) is 4.90 Å².